The van der Waals surface area contributed by atoms with Crippen molar-refractivity contribution in [2.45, 2.75) is 77.2 Å². The first-order chi connectivity index (χ1) is 13.9. The van der Waals surface area contributed by atoms with Crippen LogP contribution < -0.4 is 5.30 Å². The van der Waals surface area contributed by atoms with Gasteiger partial charge >= 0.3 is 0 Å². The van der Waals surface area contributed by atoms with E-state index in [-0.39, 0.29) is 8.46 Å². The summed E-state index contributed by atoms with van der Waals surface area (Å²) in [4.78, 5) is 0. The van der Waals surface area contributed by atoms with Crippen molar-refractivity contribution in [3.63, 3.8) is 0 Å². The summed E-state index contributed by atoms with van der Waals surface area (Å²) in [6.45, 7) is 4.58. The summed E-state index contributed by atoms with van der Waals surface area (Å²) < 4.78 is 11.6. The second-order valence-corrected chi connectivity index (χ2v) is 11.7. The molecule has 156 valence electrons. The van der Waals surface area contributed by atoms with Crippen LogP contribution in [0.5, 0.6) is 0 Å². The van der Waals surface area contributed by atoms with Crippen LogP contribution in [0.3, 0.4) is 0 Å². The van der Waals surface area contributed by atoms with Crippen molar-refractivity contribution in [1.29, 1.82) is 0 Å². The molecular weight excluding hydrogens is 375 g/mol. The van der Waals surface area contributed by atoms with Crippen molar-refractivity contribution in [3.8, 4) is 0 Å². The molecule has 3 heteroatoms. The van der Waals surface area contributed by atoms with E-state index in [1.54, 1.807) is 5.57 Å². The van der Waals surface area contributed by atoms with Gasteiger partial charge < -0.3 is 5.11 Å². The summed E-state index contributed by atoms with van der Waals surface area (Å²) in [7, 11) is 0.140. The van der Waals surface area contributed by atoms with Gasteiger partial charge in [0.25, 0.3) is 0 Å². The molecule has 3 saturated carbocycles. The Morgan fingerprint density at radius 3 is 2.66 bits per heavy atom. The average molecular weight is 411 g/mol. The third kappa shape index (κ3) is 3.35. The fraction of sp³-hybridized carbons (Fsp3) is 0.692. The lowest BCUT2D eigenvalue weighted by atomic mass is 9.49. The summed E-state index contributed by atoms with van der Waals surface area (Å²) in [6, 6.07) is 8.22. The number of allylic oxidation sites excluding steroid dienone is 2. The monoisotopic (exact) mass is 410 g/mol. The number of rotatable bonds is 3. The van der Waals surface area contributed by atoms with E-state index >= 15 is 0 Å². The molecular formula is C26H35O2P. The lowest BCUT2D eigenvalue weighted by Gasteiger charge is -2.56. The molecule has 0 aliphatic heterocycles. The molecule has 5 rings (SSSR count). The van der Waals surface area contributed by atoms with Gasteiger partial charge in [-0.05, 0) is 111 Å². The van der Waals surface area contributed by atoms with E-state index in [4.69, 9.17) is 0 Å². The fourth-order valence-corrected chi connectivity index (χ4v) is 8.38. The first-order valence-electron chi connectivity index (χ1n) is 11.7. The number of aliphatic hydroxyl groups is 1. The molecule has 0 heterocycles. The Morgan fingerprint density at radius 2 is 1.83 bits per heavy atom. The van der Waals surface area contributed by atoms with Crippen molar-refractivity contribution in [2.75, 3.05) is 0 Å². The maximum Gasteiger partial charge on any atom is 0.192 e. The third-order valence-corrected chi connectivity index (χ3v) is 10.1. The quantitative estimate of drug-likeness (QED) is 0.484. The van der Waals surface area contributed by atoms with E-state index in [1.807, 2.05) is 12.1 Å². The van der Waals surface area contributed by atoms with Gasteiger partial charge in [0.1, 0.15) is 0 Å². The maximum absolute atomic E-state index is 11.6. The highest BCUT2D eigenvalue weighted by Gasteiger charge is 2.55. The second-order valence-electron chi connectivity index (χ2n) is 11.0. The van der Waals surface area contributed by atoms with Gasteiger partial charge in [0.2, 0.25) is 0 Å². The predicted octanol–water partition coefficient (Wildman–Crippen LogP) is 6.09. The summed E-state index contributed by atoms with van der Waals surface area (Å²) in [5, 5.41) is 11.5. The van der Waals surface area contributed by atoms with Crippen molar-refractivity contribution >= 4 is 13.8 Å². The van der Waals surface area contributed by atoms with Gasteiger partial charge in [0, 0.05) is 5.30 Å². The van der Waals surface area contributed by atoms with Crippen LogP contribution in [-0.4, -0.2) is 10.7 Å². The van der Waals surface area contributed by atoms with Crippen molar-refractivity contribution < 1.29 is 9.67 Å². The van der Waals surface area contributed by atoms with E-state index in [2.05, 4.69) is 32.1 Å². The minimum absolute atomic E-state index is 0.140. The van der Waals surface area contributed by atoms with Crippen LogP contribution in [0.1, 0.15) is 70.8 Å². The van der Waals surface area contributed by atoms with Gasteiger partial charge in [-0.3, -0.25) is 4.57 Å². The maximum atomic E-state index is 11.6. The number of hydrogen-bond acceptors (Lipinski definition) is 2. The lowest BCUT2D eigenvalue weighted by molar-refractivity contribution is -0.0911. The molecule has 0 spiro atoms. The molecule has 1 N–H and O–H groups in total. The Labute approximate surface area is 177 Å². The van der Waals surface area contributed by atoms with Crippen LogP contribution in [0.15, 0.2) is 35.9 Å². The van der Waals surface area contributed by atoms with Crippen molar-refractivity contribution in [1.82, 2.24) is 0 Å². The topological polar surface area (TPSA) is 37.3 Å². The number of benzene rings is 1. The minimum atomic E-state index is -0.423. The van der Waals surface area contributed by atoms with E-state index in [0.717, 1.165) is 54.2 Å². The van der Waals surface area contributed by atoms with Gasteiger partial charge in [0.15, 0.2) is 8.46 Å². The Morgan fingerprint density at radius 1 is 1.03 bits per heavy atom. The van der Waals surface area contributed by atoms with E-state index in [0.29, 0.717) is 5.41 Å². The zero-order valence-corrected chi connectivity index (χ0v) is 18.8. The summed E-state index contributed by atoms with van der Waals surface area (Å²) in [5.41, 5.74) is 2.73. The molecule has 0 aromatic heterocycles. The van der Waals surface area contributed by atoms with Crippen LogP contribution in [0.2, 0.25) is 0 Å². The van der Waals surface area contributed by atoms with Crippen molar-refractivity contribution in [2.24, 2.45) is 35.0 Å². The van der Waals surface area contributed by atoms with Gasteiger partial charge in [0.05, 0.1) is 5.60 Å². The van der Waals surface area contributed by atoms with E-state index < -0.39 is 5.60 Å². The fourth-order valence-electron chi connectivity index (χ4n) is 7.97. The first kappa shape index (κ1) is 20.0. The Bertz CT molecular complexity index is 828. The first-order valence-corrected chi connectivity index (χ1v) is 12.6. The molecule has 0 bridgehead atoms. The highest BCUT2D eigenvalue weighted by Crippen LogP contribution is 2.63. The molecule has 29 heavy (non-hydrogen) atoms. The molecule has 7 atom stereocenters. The van der Waals surface area contributed by atoms with Gasteiger partial charge in [-0.25, -0.2) is 0 Å². The number of fused-ring (bicyclic) bond motifs is 5. The van der Waals surface area contributed by atoms with Crippen LogP contribution in [0, 0.1) is 35.0 Å². The lowest BCUT2D eigenvalue weighted by Crippen LogP contribution is -2.50. The van der Waals surface area contributed by atoms with Crippen LogP contribution in [0.4, 0.5) is 0 Å². The van der Waals surface area contributed by atoms with Gasteiger partial charge in [-0.1, -0.05) is 36.8 Å². The zero-order chi connectivity index (χ0) is 20.2. The normalized spacial score (nSPS) is 44.0. The standard InChI is InChI=1S/C26H35O2P/c1-25(27)13-11-20-18(16-25)7-9-22-21(20)12-14-26(2)19(8-10-23(22)26)15-17-5-3-4-6-24(17)29-28/h3-6,8,18,20-23,27H,7,9-16H2,1-2H3/t18-,20+,21-,22-,23+,25-,26-/m1/s1. The second kappa shape index (κ2) is 7.31. The van der Waals surface area contributed by atoms with Gasteiger partial charge in [-0.2, -0.15) is 0 Å². The highest BCUT2D eigenvalue weighted by atomic mass is 31.1. The highest BCUT2D eigenvalue weighted by molar-refractivity contribution is 7.34. The average Bonchev–Trinajstić information content (AvgIpc) is 3.03. The zero-order valence-electron chi connectivity index (χ0n) is 17.9. The summed E-state index contributed by atoms with van der Waals surface area (Å²) in [6.07, 6.45) is 13.3. The largest absolute Gasteiger partial charge is 0.390 e. The minimum Gasteiger partial charge on any atom is -0.390 e. The van der Waals surface area contributed by atoms with E-state index in [9.17, 15) is 9.67 Å². The third-order valence-electron chi connectivity index (χ3n) is 9.45. The Hall–Kier alpha value is -0.980. The number of hydrogen-bond donors (Lipinski definition) is 1. The van der Waals surface area contributed by atoms with Crippen LogP contribution in [0.25, 0.3) is 0 Å². The molecule has 1 aromatic carbocycles. The smallest absolute Gasteiger partial charge is 0.192 e. The Kier molecular flexibility index (Phi) is 5.03. The molecule has 0 radical (unpaired) electrons. The SMILES string of the molecule is C[C@@]1(O)CC[C@H]2[C@H](CC[C@@H]3[C@@H]2CC[C@]2(C)C(Cc4ccccc4P=O)=CC[C@@H]32)C1. The molecule has 0 amide bonds. The van der Waals surface area contributed by atoms with Crippen LogP contribution >= 0.6 is 8.46 Å². The van der Waals surface area contributed by atoms with Crippen LogP contribution in [-0.2, 0) is 11.0 Å². The molecule has 0 unspecified atom stereocenters. The van der Waals surface area contributed by atoms with Crippen molar-refractivity contribution in [3.05, 3.63) is 41.5 Å². The predicted molar refractivity (Wildman–Crippen MR) is 119 cm³/mol. The summed E-state index contributed by atoms with van der Waals surface area (Å²) in [5.74, 6) is 4.13. The molecule has 2 nitrogen and oxygen atoms in total. The molecule has 4 aliphatic carbocycles. The van der Waals surface area contributed by atoms with E-state index in [1.165, 1.54) is 44.1 Å². The molecule has 1 aromatic rings. The van der Waals surface area contributed by atoms with Gasteiger partial charge in [-0.15, -0.1) is 0 Å². The summed E-state index contributed by atoms with van der Waals surface area (Å²) >= 11 is 0. The molecule has 3 fully saturated rings. The Balaban J connectivity index is 1.35. The molecule has 4 aliphatic rings. The molecule has 0 saturated heterocycles.